The Labute approximate surface area is 144 Å². The monoisotopic (exact) mass is 339 g/mol. The van der Waals surface area contributed by atoms with Crippen LogP contribution >= 0.6 is 0 Å². The summed E-state index contributed by atoms with van der Waals surface area (Å²) in [5.41, 5.74) is 2.54. The van der Waals surface area contributed by atoms with Gasteiger partial charge in [-0.1, -0.05) is 12.1 Å². The van der Waals surface area contributed by atoms with Gasteiger partial charge in [0, 0.05) is 25.5 Å². The van der Waals surface area contributed by atoms with Crippen LogP contribution in [0, 0.1) is 10.1 Å². The molecule has 0 aromatic heterocycles. The molecule has 0 saturated heterocycles. The second-order valence-corrected chi connectivity index (χ2v) is 5.71. The van der Waals surface area contributed by atoms with Crippen LogP contribution in [0.2, 0.25) is 0 Å². The minimum Gasteiger partial charge on any atom is -0.497 e. The van der Waals surface area contributed by atoms with E-state index in [1.807, 2.05) is 24.3 Å². The van der Waals surface area contributed by atoms with E-state index in [1.165, 1.54) is 24.1 Å². The maximum Gasteiger partial charge on any atom is 0.269 e. The topological polar surface area (TPSA) is 85.0 Å². The normalized spacial score (nSPS) is 16.5. The van der Waals surface area contributed by atoms with Gasteiger partial charge in [0.1, 0.15) is 5.75 Å². The Morgan fingerprint density at radius 1 is 1.20 bits per heavy atom. The van der Waals surface area contributed by atoms with Gasteiger partial charge < -0.3 is 4.74 Å². The van der Waals surface area contributed by atoms with E-state index >= 15 is 0 Å². The van der Waals surface area contributed by atoms with Crippen molar-refractivity contribution in [3.8, 4) is 5.75 Å². The van der Waals surface area contributed by atoms with E-state index in [1.54, 1.807) is 19.2 Å². The zero-order valence-electron chi connectivity index (χ0n) is 13.9. The van der Waals surface area contributed by atoms with Crippen LogP contribution in [0.1, 0.15) is 30.5 Å². The number of nitro groups is 1. The van der Waals surface area contributed by atoms with Gasteiger partial charge in [0.05, 0.1) is 23.8 Å². The van der Waals surface area contributed by atoms with Gasteiger partial charge in [0.25, 0.3) is 5.69 Å². The highest BCUT2D eigenvalue weighted by Crippen LogP contribution is 2.33. The van der Waals surface area contributed by atoms with Gasteiger partial charge in [0.2, 0.25) is 5.91 Å². The molecule has 0 bridgehead atoms. The van der Waals surface area contributed by atoms with Crippen molar-refractivity contribution in [3.63, 3.8) is 0 Å². The van der Waals surface area contributed by atoms with E-state index in [-0.39, 0.29) is 17.6 Å². The van der Waals surface area contributed by atoms with Crippen LogP contribution < -0.4 is 4.74 Å². The molecule has 1 atom stereocenters. The molecular weight excluding hydrogens is 322 g/mol. The van der Waals surface area contributed by atoms with Crippen molar-refractivity contribution < 1.29 is 14.5 Å². The molecule has 2 aromatic carbocycles. The summed E-state index contributed by atoms with van der Waals surface area (Å²) in [6.07, 6.45) is 0.545. The van der Waals surface area contributed by atoms with Gasteiger partial charge in [-0.15, -0.1) is 0 Å². The minimum absolute atomic E-state index is 0.0208. The molecule has 0 fully saturated rings. The fraction of sp³-hybridized carbons (Fsp3) is 0.222. The Kier molecular flexibility index (Phi) is 4.47. The second-order valence-electron chi connectivity index (χ2n) is 5.71. The largest absolute Gasteiger partial charge is 0.497 e. The van der Waals surface area contributed by atoms with Crippen LogP contribution in [-0.2, 0) is 4.79 Å². The van der Waals surface area contributed by atoms with E-state index in [9.17, 15) is 14.9 Å². The smallest absolute Gasteiger partial charge is 0.269 e. The zero-order valence-corrected chi connectivity index (χ0v) is 13.9. The summed E-state index contributed by atoms with van der Waals surface area (Å²) in [5.74, 6) is 0.574. The molecule has 25 heavy (non-hydrogen) atoms. The molecule has 0 saturated carbocycles. The molecule has 1 aliphatic rings. The number of methoxy groups -OCH3 is 1. The van der Waals surface area contributed by atoms with Crippen molar-refractivity contribution in [2.45, 2.75) is 19.4 Å². The number of hydrogen-bond donors (Lipinski definition) is 0. The maximum atomic E-state index is 12.0. The summed E-state index contributed by atoms with van der Waals surface area (Å²) in [4.78, 5) is 22.3. The Balaban J connectivity index is 1.88. The molecule has 0 unspecified atom stereocenters. The van der Waals surface area contributed by atoms with Crippen molar-refractivity contribution >= 4 is 17.3 Å². The first-order valence-corrected chi connectivity index (χ1v) is 7.75. The summed E-state index contributed by atoms with van der Waals surface area (Å²) in [7, 11) is 1.60. The summed E-state index contributed by atoms with van der Waals surface area (Å²) < 4.78 is 5.15. The van der Waals surface area contributed by atoms with Gasteiger partial charge in [-0.2, -0.15) is 5.10 Å². The molecule has 1 amide bonds. The predicted molar refractivity (Wildman–Crippen MR) is 92.5 cm³/mol. The van der Waals surface area contributed by atoms with Crippen molar-refractivity contribution in [1.29, 1.82) is 0 Å². The lowest BCUT2D eigenvalue weighted by molar-refractivity contribution is -0.384. The van der Waals surface area contributed by atoms with Crippen molar-refractivity contribution in [3.05, 3.63) is 69.8 Å². The molecule has 0 aliphatic carbocycles. The second kappa shape index (κ2) is 6.72. The first-order chi connectivity index (χ1) is 12.0. The highest BCUT2D eigenvalue weighted by atomic mass is 16.6. The average molecular weight is 339 g/mol. The molecular formula is C18H17N3O4. The standard InChI is InChI=1S/C18H17N3O4/c1-12(22)20-18(14-3-7-15(8-4-14)21(23)24)11-17(19-20)13-5-9-16(25-2)10-6-13/h3-10,18H,11H2,1-2H3/t18-/m0/s1. The third kappa shape index (κ3) is 3.35. The number of ether oxygens (including phenoxy) is 1. The Bertz CT molecular complexity index is 828. The SMILES string of the molecule is COc1ccc(C2=NN(C(C)=O)[C@H](c3ccc([N+](=O)[O-])cc3)C2)cc1. The maximum absolute atomic E-state index is 12.0. The Hall–Kier alpha value is -3.22. The lowest BCUT2D eigenvalue weighted by Gasteiger charge is -2.20. The molecule has 3 rings (SSSR count). The number of non-ortho nitro benzene ring substituents is 1. The van der Waals surface area contributed by atoms with Gasteiger partial charge >= 0.3 is 0 Å². The molecule has 1 aliphatic heterocycles. The molecule has 7 nitrogen and oxygen atoms in total. The lowest BCUT2D eigenvalue weighted by atomic mass is 9.98. The molecule has 2 aromatic rings. The third-order valence-electron chi connectivity index (χ3n) is 4.14. The molecule has 128 valence electrons. The summed E-state index contributed by atoms with van der Waals surface area (Å²) in [6, 6.07) is 13.4. The first kappa shape index (κ1) is 16.6. The first-order valence-electron chi connectivity index (χ1n) is 7.75. The van der Waals surface area contributed by atoms with E-state index < -0.39 is 4.92 Å². The Morgan fingerprint density at radius 3 is 2.36 bits per heavy atom. The fourth-order valence-corrected chi connectivity index (χ4v) is 2.84. The van der Waals surface area contributed by atoms with Gasteiger partial charge in [-0.05, 0) is 35.4 Å². The minimum atomic E-state index is -0.444. The summed E-state index contributed by atoms with van der Waals surface area (Å²) in [5, 5.41) is 16.7. The molecule has 7 heteroatoms. The number of rotatable bonds is 4. The number of carbonyl (C=O) groups is 1. The van der Waals surface area contributed by atoms with Crippen LogP contribution in [0.5, 0.6) is 5.75 Å². The molecule has 0 radical (unpaired) electrons. The third-order valence-corrected chi connectivity index (χ3v) is 4.14. The van der Waals surface area contributed by atoms with Gasteiger partial charge in [-0.25, -0.2) is 5.01 Å². The van der Waals surface area contributed by atoms with Crippen LogP contribution in [0.4, 0.5) is 5.69 Å². The number of carbonyl (C=O) groups excluding carboxylic acids is 1. The van der Waals surface area contributed by atoms with Crippen LogP contribution in [0.15, 0.2) is 53.6 Å². The predicted octanol–water partition coefficient (Wildman–Crippen LogP) is 3.30. The van der Waals surface area contributed by atoms with E-state index in [0.717, 1.165) is 22.6 Å². The quantitative estimate of drug-likeness (QED) is 0.632. The van der Waals surface area contributed by atoms with Gasteiger partial charge in [0.15, 0.2) is 0 Å². The highest BCUT2D eigenvalue weighted by Gasteiger charge is 2.31. The summed E-state index contributed by atoms with van der Waals surface area (Å²) >= 11 is 0. The molecule has 1 heterocycles. The van der Waals surface area contributed by atoms with Crippen molar-refractivity contribution in [2.24, 2.45) is 5.10 Å². The summed E-state index contributed by atoms with van der Waals surface area (Å²) in [6.45, 7) is 1.46. The molecule has 0 spiro atoms. The Morgan fingerprint density at radius 2 is 1.84 bits per heavy atom. The number of hydrazone groups is 1. The van der Waals surface area contributed by atoms with Crippen LogP contribution in [0.3, 0.4) is 0 Å². The zero-order chi connectivity index (χ0) is 18.0. The lowest BCUT2D eigenvalue weighted by Crippen LogP contribution is -2.24. The number of nitrogens with zero attached hydrogens (tertiary/aromatic N) is 3. The number of amides is 1. The van der Waals surface area contributed by atoms with Crippen molar-refractivity contribution in [1.82, 2.24) is 5.01 Å². The highest BCUT2D eigenvalue weighted by molar-refractivity contribution is 6.03. The van der Waals surface area contributed by atoms with Gasteiger partial charge in [-0.3, -0.25) is 14.9 Å². The average Bonchev–Trinajstić information content (AvgIpc) is 3.07. The van der Waals surface area contributed by atoms with E-state index in [0.29, 0.717) is 6.42 Å². The fourth-order valence-electron chi connectivity index (χ4n) is 2.84. The number of benzene rings is 2. The number of hydrogen-bond acceptors (Lipinski definition) is 5. The van der Waals surface area contributed by atoms with E-state index in [2.05, 4.69) is 5.10 Å². The van der Waals surface area contributed by atoms with Crippen LogP contribution in [0.25, 0.3) is 0 Å². The van der Waals surface area contributed by atoms with Crippen molar-refractivity contribution in [2.75, 3.05) is 7.11 Å². The van der Waals surface area contributed by atoms with Crippen LogP contribution in [-0.4, -0.2) is 28.7 Å². The number of nitro benzene ring substituents is 1. The van der Waals surface area contributed by atoms with E-state index in [4.69, 9.17) is 4.74 Å². The molecule has 0 N–H and O–H groups in total.